The average molecular weight is 453 g/mol. The molecule has 34 heavy (non-hydrogen) atoms. The fourth-order valence-electron chi connectivity index (χ4n) is 5.24. The molecule has 4 rings (SSSR count). The molecule has 3 nitrogen and oxygen atoms in total. The summed E-state index contributed by atoms with van der Waals surface area (Å²) in [5, 5.41) is 0. The first-order chi connectivity index (χ1) is 16.6. The third-order valence-electron chi connectivity index (χ3n) is 7.16. The summed E-state index contributed by atoms with van der Waals surface area (Å²) in [6, 6.07) is 26.0. The van der Waals surface area contributed by atoms with E-state index in [1.807, 2.05) is 6.92 Å². The van der Waals surface area contributed by atoms with Crippen molar-refractivity contribution in [1.82, 2.24) is 4.90 Å². The Labute approximate surface area is 204 Å². The van der Waals surface area contributed by atoms with Gasteiger partial charge in [-0.3, -0.25) is 4.79 Å². The Morgan fingerprint density at radius 2 is 1.50 bits per heavy atom. The molecule has 1 aliphatic rings. The van der Waals surface area contributed by atoms with Crippen LogP contribution in [0, 0.1) is 0 Å². The number of rotatable bonds is 8. The smallest absolute Gasteiger partial charge is 0.210 e. The minimum Gasteiger partial charge on any atom is -0.378 e. The lowest BCUT2D eigenvalue weighted by Crippen LogP contribution is -2.46. The zero-order valence-corrected chi connectivity index (χ0v) is 20.7. The second-order valence-electron chi connectivity index (χ2n) is 9.59. The molecule has 1 amide bonds. The van der Waals surface area contributed by atoms with Gasteiger partial charge in [0.1, 0.15) is 0 Å². The first-order valence-electron chi connectivity index (χ1n) is 12.4. The summed E-state index contributed by atoms with van der Waals surface area (Å²) in [6.07, 6.45) is 10.9. The highest BCUT2D eigenvalue weighted by molar-refractivity contribution is 5.66. The van der Waals surface area contributed by atoms with E-state index in [-0.39, 0.29) is 5.54 Å². The van der Waals surface area contributed by atoms with Gasteiger partial charge in [-0.2, -0.15) is 0 Å². The summed E-state index contributed by atoms with van der Waals surface area (Å²) in [6.45, 7) is 2.66. The molecule has 0 bridgehead atoms. The molecular formula is C31H36N2O. The van der Waals surface area contributed by atoms with Crippen molar-refractivity contribution in [3.63, 3.8) is 0 Å². The normalized spacial score (nSPS) is 15.3. The second-order valence-corrected chi connectivity index (χ2v) is 9.59. The molecule has 0 aromatic heterocycles. The molecule has 1 fully saturated rings. The Hall–Kier alpha value is -3.33. The fourth-order valence-corrected chi connectivity index (χ4v) is 5.24. The summed E-state index contributed by atoms with van der Waals surface area (Å²) in [5.74, 6) is 0. The molecule has 0 atom stereocenters. The van der Waals surface area contributed by atoms with E-state index in [4.69, 9.17) is 0 Å². The maximum Gasteiger partial charge on any atom is 0.210 e. The van der Waals surface area contributed by atoms with Crippen LogP contribution in [0.25, 0.3) is 17.2 Å². The lowest BCUT2D eigenvalue weighted by Gasteiger charge is -2.45. The van der Waals surface area contributed by atoms with E-state index in [0.29, 0.717) is 6.54 Å². The molecule has 0 N–H and O–H groups in total. The topological polar surface area (TPSA) is 23.6 Å². The van der Waals surface area contributed by atoms with Gasteiger partial charge < -0.3 is 9.80 Å². The largest absolute Gasteiger partial charge is 0.378 e. The van der Waals surface area contributed by atoms with Gasteiger partial charge in [-0.1, -0.05) is 86.0 Å². The van der Waals surface area contributed by atoms with E-state index in [0.717, 1.165) is 37.7 Å². The van der Waals surface area contributed by atoms with E-state index in [9.17, 15) is 4.79 Å². The maximum absolute atomic E-state index is 12.5. The highest BCUT2D eigenvalue weighted by Crippen LogP contribution is 2.43. The number of carbonyl (C=O) groups excluding carboxylic acids is 1. The number of amides is 1. The molecule has 3 aromatic rings. The lowest BCUT2D eigenvalue weighted by atomic mass is 9.75. The van der Waals surface area contributed by atoms with Gasteiger partial charge in [-0.15, -0.1) is 0 Å². The first kappa shape index (κ1) is 23.8. The van der Waals surface area contributed by atoms with E-state index in [2.05, 4.69) is 109 Å². The van der Waals surface area contributed by atoms with E-state index >= 15 is 0 Å². The summed E-state index contributed by atoms with van der Waals surface area (Å²) >= 11 is 0. The molecule has 0 spiro atoms. The summed E-state index contributed by atoms with van der Waals surface area (Å²) in [5.41, 5.74) is 6.96. The molecule has 176 valence electrons. The number of allylic oxidation sites excluding steroid dienone is 1. The Morgan fingerprint density at radius 1 is 0.853 bits per heavy atom. The van der Waals surface area contributed by atoms with Crippen LogP contribution in [-0.2, 0) is 16.9 Å². The third kappa shape index (κ3) is 5.09. The average Bonchev–Trinajstić information content (AvgIpc) is 2.88. The van der Waals surface area contributed by atoms with Crippen LogP contribution in [0.2, 0.25) is 0 Å². The molecule has 3 heteroatoms. The third-order valence-corrected chi connectivity index (χ3v) is 7.16. The van der Waals surface area contributed by atoms with Crippen LogP contribution < -0.4 is 4.90 Å². The molecule has 0 saturated heterocycles. The van der Waals surface area contributed by atoms with E-state index in [1.165, 1.54) is 34.4 Å². The van der Waals surface area contributed by atoms with Crippen molar-refractivity contribution in [2.75, 3.05) is 19.0 Å². The van der Waals surface area contributed by atoms with Crippen molar-refractivity contribution < 1.29 is 4.79 Å². The molecule has 0 heterocycles. The van der Waals surface area contributed by atoms with Crippen LogP contribution in [0.4, 0.5) is 5.69 Å². The van der Waals surface area contributed by atoms with Crippen LogP contribution in [0.15, 0.2) is 78.9 Å². The molecule has 1 aliphatic carbocycles. The monoisotopic (exact) mass is 452 g/mol. The number of anilines is 1. The van der Waals surface area contributed by atoms with Crippen LogP contribution in [0.1, 0.15) is 55.7 Å². The maximum atomic E-state index is 12.5. The van der Waals surface area contributed by atoms with Crippen molar-refractivity contribution in [2.45, 2.75) is 51.1 Å². The minimum absolute atomic E-state index is 0.238. The quantitative estimate of drug-likeness (QED) is 0.336. The Balaban J connectivity index is 1.59. The summed E-state index contributed by atoms with van der Waals surface area (Å²) < 4.78 is 0. The van der Waals surface area contributed by atoms with Crippen molar-refractivity contribution in [3.05, 3.63) is 95.6 Å². The van der Waals surface area contributed by atoms with Crippen molar-refractivity contribution >= 4 is 18.2 Å². The van der Waals surface area contributed by atoms with Gasteiger partial charge in [-0.25, -0.2) is 0 Å². The van der Waals surface area contributed by atoms with Crippen LogP contribution in [0.3, 0.4) is 0 Å². The SMILES string of the molecule is C/C=C/c1cccc(C2(N(C=O)Cc3ccc(-c4ccc(N(C)C)cc4)cc3)CCCCC2)c1. The van der Waals surface area contributed by atoms with Crippen molar-refractivity contribution in [3.8, 4) is 11.1 Å². The molecule has 0 aliphatic heterocycles. The lowest BCUT2D eigenvalue weighted by molar-refractivity contribution is -0.127. The summed E-state index contributed by atoms with van der Waals surface area (Å²) in [4.78, 5) is 16.6. The van der Waals surface area contributed by atoms with Crippen LogP contribution in [0.5, 0.6) is 0 Å². The van der Waals surface area contributed by atoms with Crippen LogP contribution in [-0.4, -0.2) is 25.4 Å². The molecule has 3 aromatic carbocycles. The Bertz CT molecular complexity index is 1110. The van der Waals surface area contributed by atoms with Gasteiger partial charge in [0.2, 0.25) is 6.41 Å². The molecular weight excluding hydrogens is 416 g/mol. The number of hydrogen-bond acceptors (Lipinski definition) is 2. The summed E-state index contributed by atoms with van der Waals surface area (Å²) in [7, 11) is 4.11. The highest BCUT2D eigenvalue weighted by Gasteiger charge is 2.39. The number of carbonyl (C=O) groups is 1. The second kappa shape index (κ2) is 10.7. The van der Waals surface area contributed by atoms with E-state index < -0.39 is 0 Å². The van der Waals surface area contributed by atoms with Crippen molar-refractivity contribution in [2.24, 2.45) is 0 Å². The number of hydrogen-bond donors (Lipinski definition) is 0. The van der Waals surface area contributed by atoms with Gasteiger partial charge in [0.05, 0.1) is 5.54 Å². The predicted molar refractivity (Wildman–Crippen MR) is 144 cm³/mol. The van der Waals surface area contributed by atoms with E-state index in [1.54, 1.807) is 0 Å². The van der Waals surface area contributed by atoms with Gasteiger partial charge in [0, 0.05) is 26.3 Å². The zero-order valence-electron chi connectivity index (χ0n) is 20.7. The zero-order chi connectivity index (χ0) is 24.0. The van der Waals surface area contributed by atoms with Gasteiger partial charge in [0.25, 0.3) is 0 Å². The van der Waals surface area contributed by atoms with Gasteiger partial charge >= 0.3 is 0 Å². The Morgan fingerprint density at radius 3 is 2.09 bits per heavy atom. The van der Waals surface area contributed by atoms with Gasteiger partial charge in [0.15, 0.2) is 0 Å². The van der Waals surface area contributed by atoms with Crippen molar-refractivity contribution in [1.29, 1.82) is 0 Å². The van der Waals surface area contributed by atoms with Crippen LogP contribution >= 0.6 is 0 Å². The fraction of sp³-hybridized carbons (Fsp3) is 0.323. The first-order valence-corrected chi connectivity index (χ1v) is 12.4. The minimum atomic E-state index is -0.238. The molecule has 1 saturated carbocycles. The molecule has 0 radical (unpaired) electrons. The van der Waals surface area contributed by atoms with Gasteiger partial charge in [-0.05, 0) is 65.8 Å². The standard InChI is InChI=1S/C31H36N2O/c1-4-9-25-10-8-11-29(22-25)31(20-6-5-7-21-31)33(24-34)23-26-12-14-27(15-13-26)28-16-18-30(19-17-28)32(2)3/h4,8-19,22,24H,5-7,20-21,23H2,1-3H3/b9-4+. The Kier molecular flexibility index (Phi) is 7.52. The number of nitrogens with zero attached hydrogens (tertiary/aromatic N) is 2. The predicted octanol–water partition coefficient (Wildman–Crippen LogP) is 7.27. The highest BCUT2D eigenvalue weighted by atomic mass is 16.1. The number of benzene rings is 3. The molecule has 0 unspecified atom stereocenters.